The smallest absolute Gasteiger partial charge is 0.387 e. The van der Waals surface area contributed by atoms with Crippen molar-refractivity contribution in [2.45, 2.75) is 19.5 Å². The van der Waals surface area contributed by atoms with Gasteiger partial charge in [-0.2, -0.15) is 8.78 Å². The number of benzene rings is 1. The molecule has 0 aromatic heterocycles. The van der Waals surface area contributed by atoms with E-state index < -0.39 is 16.6 Å². The lowest BCUT2D eigenvalue weighted by Gasteiger charge is -2.12. The molecule has 1 aromatic rings. The summed E-state index contributed by atoms with van der Waals surface area (Å²) in [4.78, 5) is 0. The number of rotatable bonds is 9. The Bertz CT molecular complexity index is 509. The molecule has 2 N–H and O–H groups in total. The third kappa shape index (κ3) is 6.16. The van der Waals surface area contributed by atoms with Gasteiger partial charge in [-0.3, -0.25) is 4.72 Å². The fourth-order valence-corrected chi connectivity index (χ4v) is 2.75. The van der Waals surface area contributed by atoms with Crippen LogP contribution in [-0.4, -0.2) is 34.4 Å². The first kappa shape index (κ1) is 16.6. The Balaban J connectivity index is 2.67. The maximum Gasteiger partial charge on any atom is 0.387 e. The van der Waals surface area contributed by atoms with Gasteiger partial charge in [-0.1, -0.05) is 12.1 Å². The number of ether oxygens (including phenoxy) is 1. The first-order chi connectivity index (χ1) is 9.44. The maximum absolute atomic E-state index is 12.2. The van der Waals surface area contributed by atoms with E-state index in [1.165, 1.54) is 24.3 Å². The van der Waals surface area contributed by atoms with Crippen LogP contribution in [0.15, 0.2) is 24.3 Å². The topological polar surface area (TPSA) is 67.4 Å². The van der Waals surface area contributed by atoms with Crippen LogP contribution in [0.1, 0.15) is 12.8 Å². The van der Waals surface area contributed by atoms with Gasteiger partial charge in [0.05, 0.1) is 11.4 Å². The van der Waals surface area contributed by atoms with E-state index in [-0.39, 0.29) is 17.2 Å². The number of halogens is 2. The van der Waals surface area contributed by atoms with E-state index in [9.17, 15) is 17.2 Å². The average molecular weight is 308 g/mol. The summed E-state index contributed by atoms with van der Waals surface area (Å²) in [6.07, 6.45) is 1.20. The van der Waals surface area contributed by atoms with Crippen molar-refractivity contribution in [1.29, 1.82) is 0 Å². The van der Waals surface area contributed by atoms with Gasteiger partial charge in [-0.05, 0) is 38.6 Å². The van der Waals surface area contributed by atoms with Crippen molar-refractivity contribution >= 4 is 15.7 Å². The predicted molar refractivity (Wildman–Crippen MR) is 73.6 cm³/mol. The largest absolute Gasteiger partial charge is 0.433 e. The van der Waals surface area contributed by atoms with Gasteiger partial charge in [0.15, 0.2) is 0 Å². The highest BCUT2D eigenvalue weighted by molar-refractivity contribution is 7.92. The lowest BCUT2D eigenvalue weighted by molar-refractivity contribution is -0.0493. The molecule has 114 valence electrons. The second kappa shape index (κ2) is 8.01. The second-order valence-electron chi connectivity index (χ2n) is 4.11. The summed E-state index contributed by atoms with van der Waals surface area (Å²) in [6.45, 7) is -2.28. The molecule has 0 spiro atoms. The highest BCUT2D eigenvalue weighted by Gasteiger charge is 2.15. The SMILES string of the molecule is CNCCCCS(=O)(=O)Nc1ccccc1OC(F)F. The summed E-state index contributed by atoms with van der Waals surface area (Å²) in [5.41, 5.74) is 0.0152. The molecule has 0 bridgehead atoms. The summed E-state index contributed by atoms with van der Waals surface area (Å²) < 4.78 is 54.6. The molecular formula is C12H18F2N2O3S. The van der Waals surface area contributed by atoms with Crippen molar-refractivity contribution in [3.8, 4) is 5.75 Å². The monoisotopic (exact) mass is 308 g/mol. The number of nitrogens with one attached hydrogen (secondary N) is 2. The molecule has 0 saturated carbocycles. The number of sulfonamides is 1. The summed E-state index contributed by atoms with van der Waals surface area (Å²) in [5, 5.41) is 2.92. The van der Waals surface area contributed by atoms with E-state index in [1.807, 2.05) is 0 Å². The number of anilines is 1. The van der Waals surface area contributed by atoms with Gasteiger partial charge >= 0.3 is 6.61 Å². The van der Waals surface area contributed by atoms with Crippen LogP contribution >= 0.6 is 0 Å². The number of hydrogen-bond acceptors (Lipinski definition) is 4. The molecule has 8 heteroatoms. The molecular weight excluding hydrogens is 290 g/mol. The minimum Gasteiger partial charge on any atom is -0.433 e. The minimum atomic E-state index is -3.58. The normalized spacial score (nSPS) is 11.6. The van der Waals surface area contributed by atoms with Gasteiger partial charge in [0.2, 0.25) is 10.0 Å². The van der Waals surface area contributed by atoms with Gasteiger partial charge in [0.1, 0.15) is 5.75 Å². The molecule has 0 atom stereocenters. The lowest BCUT2D eigenvalue weighted by Crippen LogP contribution is -2.19. The standard InChI is InChI=1S/C12H18F2N2O3S/c1-15-8-4-5-9-20(17,18)16-10-6-2-3-7-11(10)19-12(13)14/h2-3,6-7,12,15-16H,4-5,8-9H2,1H3. The molecule has 1 aromatic carbocycles. The summed E-state index contributed by atoms with van der Waals surface area (Å²) >= 11 is 0. The summed E-state index contributed by atoms with van der Waals surface area (Å²) in [6, 6.07) is 5.69. The zero-order valence-electron chi connectivity index (χ0n) is 11.1. The molecule has 0 radical (unpaired) electrons. The quantitative estimate of drug-likeness (QED) is 0.685. The molecule has 0 unspecified atom stereocenters. The Morgan fingerprint density at radius 1 is 1.25 bits per heavy atom. The fourth-order valence-electron chi connectivity index (χ4n) is 1.56. The Kier molecular flexibility index (Phi) is 6.66. The lowest BCUT2D eigenvalue weighted by atomic mass is 10.3. The van der Waals surface area contributed by atoms with Crippen LogP contribution in [0.5, 0.6) is 5.75 Å². The average Bonchev–Trinajstić information content (AvgIpc) is 2.36. The molecule has 0 amide bonds. The molecule has 0 fully saturated rings. The Hall–Kier alpha value is -1.41. The van der Waals surface area contributed by atoms with Crippen LogP contribution in [0.4, 0.5) is 14.5 Å². The van der Waals surface area contributed by atoms with Crippen molar-refractivity contribution < 1.29 is 21.9 Å². The van der Waals surface area contributed by atoms with Crippen molar-refractivity contribution in [3.05, 3.63) is 24.3 Å². The third-order valence-electron chi connectivity index (χ3n) is 2.46. The van der Waals surface area contributed by atoms with Crippen LogP contribution in [0, 0.1) is 0 Å². The van der Waals surface area contributed by atoms with Crippen molar-refractivity contribution in [3.63, 3.8) is 0 Å². The Morgan fingerprint density at radius 2 is 1.95 bits per heavy atom. The van der Waals surface area contributed by atoms with Crippen LogP contribution in [0.3, 0.4) is 0 Å². The molecule has 20 heavy (non-hydrogen) atoms. The number of unbranched alkanes of at least 4 members (excludes halogenated alkanes) is 1. The van der Waals surface area contributed by atoms with Crippen LogP contribution < -0.4 is 14.8 Å². The van der Waals surface area contributed by atoms with Gasteiger partial charge in [-0.15, -0.1) is 0 Å². The first-order valence-corrected chi connectivity index (χ1v) is 7.79. The zero-order chi connectivity index (χ0) is 15.0. The van der Waals surface area contributed by atoms with E-state index in [4.69, 9.17) is 0 Å². The highest BCUT2D eigenvalue weighted by atomic mass is 32.2. The first-order valence-electron chi connectivity index (χ1n) is 6.13. The van der Waals surface area contributed by atoms with Crippen molar-refractivity contribution in [1.82, 2.24) is 5.32 Å². The predicted octanol–water partition coefficient (Wildman–Crippen LogP) is 2.03. The summed E-state index contributed by atoms with van der Waals surface area (Å²) in [5.74, 6) is -0.265. The van der Waals surface area contributed by atoms with E-state index in [0.29, 0.717) is 12.8 Å². The number of alkyl halides is 2. The van der Waals surface area contributed by atoms with Crippen LogP contribution in [-0.2, 0) is 10.0 Å². The molecule has 0 aliphatic carbocycles. The van der Waals surface area contributed by atoms with E-state index in [2.05, 4.69) is 14.8 Å². The van der Waals surface area contributed by atoms with E-state index in [1.54, 1.807) is 7.05 Å². The second-order valence-corrected chi connectivity index (χ2v) is 5.95. The van der Waals surface area contributed by atoms with Crippen LogP contribution in [0.25, 0.3) is 0 Å². The minimum absolute atomic E-state index is 0.0152. The van der Waals surface area contributed by atoms with E-state index >= 15 is 0 Å². The van der Waals surface area contributed by atoms with Gasteiger partial charge in [0.25, 0.3) is 0 Å². The maximum atomic E-state index is 12.2. The fraction of sp³-hybridized carbons (Fsp3) is 0.500. The molecule has 1 rings (SSSR count). The van der Waals surface area contributed by atoms with Crippen molar-refractivity contribution in [2.24, 2.45) is 0 Å². The van der Waals surface area contributed by atoms with Crippen LogP contribution in [0.2, 0.25) is 0 Å². The van der Waals surface area contributed by atoms with Gasteiger partial charge < -0.3 is 10.1 Å². The third-order valence-corrected chi connectivity index (χ3v) is 3.82. The number of hydrogen-bond donors (Lipinski definition) is 2. The number of para-hydroxylation sites is 2. The zero-order valence-corrected chi connectivity index (χ0v) is 11.9. The molecule has 0 heterocycles. The Morgan fingerprint density at radius 3 is 2.60 bits per heavy atom. The summed E-state index contributed by atoms with van der Waals surface area (Å²) in [7, 11) is -1.79. The molecule has 0 aliphatic heterocycles. The molecule has 5 nitrogen and oxygen atoms in total. The highest BCUT2D eigenvalue weighted by Crippen LogP contribution is 2.26. The molecule has 0 saturated heterocycles. The van der Waals surface area contributed by atoms with E-state index in [0.717, 1.165) is 6.54 Å². The molecule has 0 aliphatic rings. The van der Waals surface area contributed by atoms with Gasteiger partial charge in [0, 0.05) is 0 Å². The van der Waals surface area contributed by atoms with Crippen molar-refractivity contribution in [2.75, 3.05) is 24.1 Å². The Labute approximate surface area is 117 Å². The van der Waals surface area contributed by atoms with Gasteiger partial charge in [-0.25, -0.2) is 8.42 Å².